The molecule has 2 aromatic heterocycles. The van der Waals surface area contributed by atoms with Crippen molar-refractivity contribution >= 4 is 11.0 Å². The molecule has 0 unspecified atom stereocenters. The molecule has 0 saturated carbocycles. The minimum absolute atomic E-state index is 0.325. The number of nitrogens with zero attached hydrogens (tertiary/aromatic N) is 3. The van der Waals surface area contributed by atoms with Crippen LogP contribution in [-0.2, 0) is 13.6 Å². The lowest BCUT2D eigenvalue weighted by Gasteiger charge is -2.26. The van der Waals surface area contributed by atoms with E-state index < -0.39 is 0 Å². The van der Waals surface area contributed by atoms with Gasteiger partial charge in [-0.05, 0) is 24.6 Å². The molecule has 1 atom stereocenters. The predicted octanol–water partition coefficient (Wildman–Crippen LogP) is 2.89. The van der Waals surface area contributed by atoms with Crippen molar-refractivity contribution in [1.29, 1.82) is 0 Å². The number of hydrogen-bond acceptors (Lipinski definition) is 4. The van der Waals surface area contributed by atoms with Crippen LogP contribution in [0.3, 0.4) is 0 Å². The van der Waals surface area contributed by atoms with Crippen molar-refractivity contribution in [2.45, 2.75) is 25.9 Å². The summed E-state index contributed by atoms with van der Waals surface area (Å²) in [4.78, 5) is 4.55. The molecule has 23 heavy (non-hydrogen) atoms. The van der Waals surface area contributed by atoms with Gasteiger partial charge in [0.05, 0.1) is 12.3 Å². The average molecular weight is 308 g/mol. The van der Waals surface area contributed by atoms with Crippen molar-refractivity contribution in [3.05, 3.63) is 53.3 Å². The molecule has 1 aliphatic rings. The van der Waals surface area contributed by atoms with E-state index in [9.17, 15) is 0 Å². The molecule has 1 aromatic carbocycles. The molecule has 0 fully saturated rings. The SMILES string of the molecule is Cc1nn(C)c2ncc(CN[C@H]3CCOc4ccccc43)cc12. The number of nitrogens with one attached hydrogen (secondary N) is 1. The van der Waals surface area contributed by atoms with Gasteiger partial charge in [-0.25, -0.2) is 4.98 Å². The summed E-state index contributed by atoms with van der Waals surface area (Å²) in [5.41, 5.74) is 4.37. The van der Waals surface area contributed by atoms with Crippen LogP contribution in [0, 0.1) is 6.92 Å². The first kappa shape index (κ1) is 14.2. The molecule has 0 aliphatic carbocycles. The first-order valence-electron chi connectivity index (χ1n) is 7.96. The van der Waals surface area contributed by atoms with E-state index >= 15 is 0 Å². The first-order chi connectivity index (χ1) is 11.2. The molecule has 0 radical (unpaired) electrons. The molecule has 0 amide bonds. The molecular formula is C18H20N4O. The molecule has 0 bridgehead atoms. The van der Waals surface area contributed by atoms with Gasteiger partial charge in [0.15, 0.2) is 5.65 Å². The normalized spacial score (nSPS) is 17.0. The van der Waals surface area contributed by atoms with Gasteiger partial charge >= 0.3 is 0 Å². The molecule has 4 rings (SSSR count). The van der Waals surface area contributed by atoms with Crippen LogP contribution < -0.4 is 10.1 Å². The molecule has 3 heterocycles. The largest absolute Gasteiger partial charge is 0.493 e. The fourth-order valence-electron chi connectivity index (χ4n) is 3.24. The zero-order valence-corrected chi connectivity index (χ0v) is 13.4. The van der Waals surface area contributed by atoms with Crippen molar-refractivity contribution in [2.24, 2.45) is 7.05 Å². The zero-order chi connectivity index (χ0) is 15.8. The van der Waals surface area contributed by atoms with Crippen LogP contribution in [0.5, 0.6) is 5.75 Å². The molecule has 5 heteroatoms. The highest BCUT2D eigenvalue weighted by molar-refractivity contribution is 5.78. The number of para-hydroxylation sites is 1. The van der Waals surface area contributed by atoms with Crippen LogP contribution in [0.1, 0.15) is 29.3 Å². The van der Waals surface area contributed by atoms with Crippen LogP contribution in [-0.4, -0.2) is 21.4 Å². The Morgan fingerprint density at radius 3 is 3.13 bits per heavy atom. The van der Waals surface area contributed by atoms with Crippen LogP contribution >= 0.6 is 0 Å². The van der Waals surface area contributed by atoms with Crippen molar-refractivity contribution in [3.63, 3.8) is 0 Å². The number of ether oxygens (including phenoxy) is 1. The maximum atomic E-state index is 5.72. The Morgan fingerprint density at radius 2 is 2.22 bits per heavy atom. The topological polar surface area (TPSA) is 52.0 Å². The van der Waals surface area contributed by atoms with Crippen LogP contribution in [0.2, 0.25) is 0 Å². The van der Waals surface area contributed by atoms with Crippen molar-refractivity contribution in [3.8, 4) is 5.75 Å². The van der Waals surface area contributed by atoms with E-state index in [4.69, 9.17) is 4.74 Å². The van der Waals surface area contributed by atoms with E-state index in [1.807, 2.05) is 37.0 Å². The van der Waals surface area contributed by atoms with Gasteiger partial charge in [0.1, 0.15) is 5.75 Å². The zero-order valence-electron chi connectivity index (χ0n) is 13.4. The van der Waals surface area contributed by atoms with Gasteiger partial charge in [0.2, 0.25) is 0 Å². The number of rotatable bonds is 3. The maximum Gasteiger partial charge on any atom is 0.157 e. The Morgan fingerprint density at radius 1 is 1.35 bits per heavy atom. The van der Waals surface area contributed by atoms with Crippen LogP contribution in [0.25, 0.3) is 11.0 Å². The lowest BCUT2D eigenvalue weighted by atomic mass is 10.0. The molecule has 1 N–H and O–H groups in total. The molecule has 118 valence electrons. The molecule has 0 spiro atoms. The molecule has 3 aromatic rings. The van der Waals surface area contributed by atoms with Crippen molar-refractivity contribution < 1.29 is 4.74 Å². The second-order valence-electron chi connectivity index (χ2n) is 6.03. The van der Waals surface area contributed by atoms with Gasteiger partial charge in [-0.1, -0.05) is 18.2 Å². The Hall–Kier alpha value is -2.40. The summed E-state index contributed by atoms with van der Waals surface area (Å²) in [6.45, 7) is 3.57. The standard InChI is InChI=1S/C18H20N4O/c1-12-15-9-13(11-20-18(15)22(2)21-12)10-19-16-7-8-23-17-6-4-3-5-14(16)17/h3-6,9,11,16,19H,7-8,10H2,1-2H3/t16-/m0/s1. The Bertz CT molecular complexity index is 855. The first-order valence-corrected chi connectivity index (χ1v) is 7.96. The van der Waals surface area contributed by atoms with E-state index in [1.54, 1.807) is 0 Å². The highest BCUT2D eigenvalue weighted by Gasteiger charge is 2.20. The fourth-order valence-corrected chi connectivity index (χ4v) is 3.24. The lowest BCUT2D eigenvalue weighted by molar-refractivity contribution is 0.252. The van der Waals surface area contributed by atoms with E-state index in [1.165, 1.54) is 11.1 Å². The minimum Gasteiger partial charge on any atom is -0.493 e. The van der Waals surface area contributed by atoms with Crippen molar-refractivity contribution in [1.82, 2.24) is 20.1 Å². The number of pyridine rings is 1. The van der Waals surface area contributed by atoms with E-state index in [-0.39, 0.29) is 0 Å². The number of fused-ring (bicyclic) bond motifs is 2. The quantitative estimate of drug-likeness (QED) is 0.808. The van der Waals surface area contributed by atoms with Gasteiger partial charge < -0.3 is 10.1 Å². The summed E-state index contributed by atoms with van der Waals surface area (Å²) >= 11 is 0. The summed E-state index contributed by atoms with van der Waals surface area (Å²) in [7, 11) is 1.93. The Labute approximate surface area is 135 Å². The van der Waals surface area contributed by atoms with Crippen LogP contribution in [0.15, 0.2) is 36.5 Å². The number of hydrogen-bond donors (Lipinski definition) is 1. The second kappa shape index (κ2) is 5.66. The number of aromatic nitrogens is 3. The molecular weight excluding hydrogens is 288 g/mol. The van der Waals surface area contributed by atoms with Gasteiger partial charge in [0, 0.05) is 43.2 Å². The molecule has 5 nitrogen and oxygen atoms in total. The summed E-state index contributed by atoms with van der Waals surface area (Å²) in [6, 6.07) is 10.8. The fraction of sp³-hybridized carbons (Fsp3) is 0.333. The van der Waals surface area contributed by atoms with E-state index in [2.05, 4.69) is 33.6 Å². The second-order valence-corrected chi connectivity index (χ2v) is 6.03. The lowest BCUT2D eigenvalue weighted by Crippen LogP contribution is -2.26. The third kappa shape index (κ3) is 2.57. The van der Waals surface area contributed by atoms with Gasteiger partial charge in [0.25, 0.3) is 0 Å². The Kier molecular flexibility index (Phi) is 3.50. The summed E-state index contributed by atoms with van der Waals surface area (Å²) in [5.74, 6) is 0.993. The Balaban J connectivity index is 1.55. The van der Waals surface area contributed by atoms with Gasteiger partial charge in [-0.3, -0.25) is 4.68 Å². The maximum absolute atomic E-state index is 5.72. The minimum atomic E-state index is 0.325. The van der Waals surface area contributed by atoms with Gasteiger partial charge in [-0.2, -0.15) is 5.10 Å². The number of benzene rings is 1. The monoisotopic (exact) mass is 308 g/mol. The van der Waals surface area contributed by atoms with E-state index in [0.29, 0.717) is 6.04 Å². The third-order valence-corrected chi connectivity index (χ3v) is 4.43. The molecule has 1 aliphatic heterocycles. The highest BCUT2D eigenvalue weighted by atomic mass is 16.5. The predicted molar refractivity (Wildman–Crippen MR) is 89.4 cm³/mol. The van der Waals surface area contributed by atoms with Crippen molar-refractivity contribution in [2.75, 3.05) is 6.61 Å². The summed E-state index contributed by atoms with van der Waals surface area (Å²) < 4.78 is 7.55. The summed E-state index contributed by atoms with van der Waals surface area (Å²) in [6.07, 6.45) is 2.92. The van der Waals surface area contributed by atoms with E-state index in [0.717, 1.165) is 42.0 Å². The highest BCUT2D eigenvalue weighted by Crippen LogP contribution is 2.31. The average Bonchev–Trinajstić information content (AvgIpc) is 2.87. The summed E-state index contributed by atoms with van der Waals surface area (Å²) in [5, 5.41) is 9.19. The van der Waals surface area contributed by atoms with Gasteiger partial charge in [-0.15, -0.1) is 0 Å². The van der Waals surface area contributed by atoms with Crippen LogP contribution in [0.4, 0.5) is 0 Å². The third-order valence-electron chi connectivity index (χ3n) is 4.43. The smallest absolute Gasteiger partial charge is 0.157 e. The number of aryl methyl sites for hydroxylation is 2. The molecule has 0 saturated heterocycles.